The van der Waals surface area contributed by atoms with Gasteiger partial charge in [0.05, 0.1) is 5.75 Å². The van der Waals surface area contributed by atoms with E-state index in [1.54, 1.807) is 16.7 Å². The third-order valence-electron chi connectivity index (χ3n) is 3.79. The molecule has 1 heterocycles. The van der Waals surface area contributed by atoms with Crippen LogP contribution in [0.3, 0.4) is 0 Å². The van der Waals surface area contributed by atoms with Crippen LogP contribution in [0.1, 0.15) is 33.6 Å². The normalized spacial score (nSPS) is 24.2. The van der Waals surface area contributed by atoms with E-state index in [9.17, 15) is 9.59 Å². The first-order chi connectivity index (χ1) is 9.56. The molecule has 2 amide bonds. The van der Waals surface area contributed by atoms with Crippen LogP contribution in [0, 0.1) is 18.3 Å². The molecule has 1 aliphatic heterocycles. The lowest BCUT2D eigenvalue weighted by atomic mass is 9.93. The maximum Gasteiger partial charge on any atom is 0.246 e. The Hall–Kier alpha value is -1.15. The first-order valence-electron chi connectivity index (χ1n) is 7.18. The van der Waals surface area contributed by atoms with Gasteiger partial charge in [-0.15, -0.1) is 18.2 Å². The minimum Gasteiger partial charge on any atom is -0.342 e. The highest BCUT2D eigenvalue weighted by molar-refractivity contribution is 7.99. The van der Waals surface area contributed by atoms with Gasteiger partial charge < -0.3 is 10.2 Å². The summed E-state index contributed by atoms with van der Waals surface area (Å²) in [5, 5.41) is 2.88. The lowest BCUT2D eigenvalue weighted by molar-refractivity contribution is -0.150. The van der Waals surface area contributed by atoms with Crippen molar-refractivity contribution in [2.24, 2.45) is 5.92 Å². The van der Waals surface area contributed by atoms with Crippen LogP contribution in [0.2, 0.25) is 0 Å². The summed E-state index contributed by atoms with van der Waals surface area (Å²) in [6.45, 7) is 6.55. The zero-order valence-corrected chi connectivity index (χ0v) is 13.3. The second kappa shape index (κ2) is 8.21. The Balaban J connectivity index is 2.76. The molecule has 1 N–H and O–H groups in total. The summed E-state index contributed by atoms with van der Waals surface area (Å²) in [5.74, 6) is 4.15. The van der Waals surface area contributed by atoms with Crippen LogP contribution in [0.5, 0.6) is 0 Å². The number of amides is 2. The molecule has 1 aliphatic rings. The summed E-state index contributed by atoms with van der Waals surface area (Å²) in [6, 6.07) is -0.720. The van der Waals surface area contributed by atoms with Gasteiger partial charge in [-0.05, 0) is 12.3 Å². The Morgan fingerprint density at radius 2 is 2.15 bits per heavy atom. The third-order valence-corrected chi connectivity index (χ3v) is 4.63. The van der Waals surface area contributed by atoms with Crippen LogP contribution in [0.4, 0.5) is 0 Å². The molecule has 0 spiro atoms. The van der Waals surface area contributed by atoms with Crippen LogP contribution in [-0.4, -0.2) is 46.8 Å². The number of carbonyl (C=O) groups excluding carboxylic acids is 2. The minimum absolute atomic E-state index is 0.0284. The molecule has 0 aliphatic carbocycles. The predicted octanol–water partition coefficient (Wildman–Crippen LogP) is 1.50. The van der Waals surface area contributed by atoms with E-state index in [0.29, 0.717) is 18.7 Å². The molecule has 0 saturated carbocycles. The molecule has 1 rings (SSSR count). The molecule has 20 heavy (non-hydrogen) atoms. The van der Waals surface area contributed by atoms with Gasteiger partial charge in [-0.3, -0.25) is 9.59 Å². The van der Waals surface area contributed by atoms with Gasteiger partial charge >= 0.3 is 0 Å². The van der Waals surface area contributed by atoms with Crippen molar-refractivity contribution < 1.29 is 9.59 Å². The fourth-order valence-corrected chi connectivity index (χ4v) is 2.96. The van der Waals surface area contributed by atoms with Gasteiger partial charge in [-0.25, -0.2) is 0 Å². The molecular weight excluding hydrogens is 272 g/mol. The molecule has 4 nitrogen and oxygen atoms in total. The fourth-order valence-electron chi connectivity index (χ4n) is 2.37. The molecule has 0 radical (unpaired) electrons. The standard InChI is InChI=1S/C15H24N2O2S/c1-5-9-20-10-8-17-12(7-3)14(18)16-13(15(17)19)11(4)6-2/h1,11-13H,6-10H2,2-4H3,(H,16,18). The van der Waals surface area contributed by atoms with Gasteiger partial charge in [0.2, 0.25) is 11.8 Å². The van der Waals surface area contributed by atoms with Gasteiger partial charge in [-0.2, -0.15) is 0 Å². The second-order valence-electron chi connectivity index (χ2n) is 5.08. The second-order valence-corrected chi connectivity index (χ2v) is 6.19. The van der Waals surface area contributed by atoms with Crippen molar-refractivity contribution in [3.05, 3.63) is 0 Å². The number of thioether (sulfide) groups is 1. The van der Waals surface area contributed by atoms with Crippen molar-refractivity contribution in [1.29, 1.82) is 0 Å². The molecular formula is C15H24N2O2S. The highest BCUT2D eigenvalue weighted by Gasteiger charge is 2.40. The quantitative estimate of drug-likeness (QED) is 0.572. The monoisotopic (exact) mass is 296 g/mol. The fraction of sp³-hybridized carbons (Fsp3) is 0.733. The van der Waals surface area contributed by atoms with Crippen molar-refractivity contribution in [2.75, 3.05) is 18.1 Å². The summed E-state index contributed by atoms with van der Waals surface area (Å²) < 4.78 is 0. The van der Waals surface area contributed by atoms with Crippen molar-refractivity contribution >= 4 is 23.6 Å². The van der Waals surface area contributed by atoms with Gasteiger partial charge in [-0.1, -0.05) is 33.1 Å². The summed E-state index contributed by atoms with van der Waals surface area (Å²) >= 11 is 1.62. The van der Waals surface area contributed by atoms with E-state index in [1.807, 2.05) is 20.8 Å². The highest BCUT2D eigenvalue weighted by atomic mass is 32.2. The number of carbonyl (C=O) groups is 2. The Morgan fingerprint density at radius 3 is 2.70 bits per heavy atom. The molecule has 1 saturated heterocycles. The smallest absolute Gasteiger partial charge is 0.246 e. The first-order valence-corrected chi connectivity index (χ1v) is 8.34. The molecule has 1 fully saturated rings. The zero-order valence-electron chi connectivity index (χ0n) is 12.5. The van der Waals surface area contributed by atoms with Crippen molar-refractivity contribution in [2.45, 2.75) is 45.7 Å². The maximum absolute atomic E-state index is 12.6. The van der Waals surface area contributed by atoms with E-state index in [2.05, 4.69) is 11.2 Å². The van der Waals surface area contributed by atoms with E-state index >= 15 is 0 Å². The highest BCUT2D eigenvalue weighted by Crippen LogP contribution is 2.20. The largest absolute Gasteiger partial charge is 0.342 e. The van der Waals surface area contributed by atoms with Crippen molar-refractivity contribution in [1.82, 2.24) is 10.2 Å². The molecule has 5 heteroatoms. The first kappa shape index (κ1) is 16.9. The SMILES string of the molecule is C#CCSCCN1C(=O)C(C(C)CC)NC(=O)C1CC. The number of hydrogen-bond acceptors (Lipinski definition) is 3. The summed E-state index contributed by atoms with van der Waals surface area (Å²) in [4.78, 5) is 26.5. The van der Waals surface area contributed by atoms with E-state index in [0.717, 1.165) is 12.2 Å². The maximum atomic E-state index is 12.6. The van der Waals surface area contributed by atoms with Gasteiger partial charge in [0.15, 0.2) is 0 Å². The Kier molecular flexibility index (Phi) is 6.94. The van der Waals surface area contributed by atoms with E-state index in [1.165, 1.54) is 0 Å². The predicted molar refractivity (Wildman–Crippen MR) is 83.3 cm³/mol. The summed E-state index contributed by atoms with van der Waals surface area (Å²) in [5.41, 5.74) is 0. The molecule has 0 bridgehead atoms. The van der Waals surface area contributed by atoms with E-state index in [4.69, 9.17) is 6.42 Å². The summed E-state index contributed by atoms with van der Waals surface area (Å²) in [6.07, 6.45) is 6.73. The zero-order chi connectivity index (χ0) is 15.1. The molecule has 0 aromatic heterocycles. The number of piperazine rings is 1. The summed E-state index contributed by atoms with van der Waals surface area (Å²) in [7, 11) is 0. The van der Waals surface area contributed by atoms with Crippen LogP contribution in [0.15, 0.2) is 0 Å². The number of rotatable bonds is 7. The van der Waals surface area contributed by atoms with Crippen molar-refractivity contribution in [3.63, 3.8) is 0 Å². The molecule has 112 valence electrons. The van der Waals surface area contributed by atoms with Gasteiger partial charge in [0.25, 0.3) is 0 Å². The molecule has 0 aromatic carbocycles. The average Bonchev–Trinajstić information content (AvgIpc) is 2.45. The Labute approximate surface area is 126 Å². The molecule has 3 unspecified atom stereocenters. The van der Waals surface area contributed by atoms with E-state index in [-0.39, 0.29) is 29.8 Å². The topological polar surface area (TPSA) is 49.4 Å². The molecule has 3 atom stereocenters. The van der Waals surface area contributed by atoms with E-state index < -0.39 is 0 Å². The van der Waals surface area contributed by atoms with Gasteiger partial charge in [0, 0.05) is 12.3 Å². The molecule has 0 aromatic rings. The average molecular weight is 296 g/mol. The van der Waals surface area contributed by atoms with Crippen LogP contribution in [-0.2, 0) is 9.59 Å². The number of hydrogen-bond donors (Lipinski definition) is 1. The lowest BCUT2D eigenvalue weighted by Gasteiger charge is -2.40. The van der Waals surface area contributed by atoms with Gasteiger partial charge in [0.1, 0.15) is 12.1 Å². The minimum atomic E-state index is -0.382. The van der Waals surface area contributed by atoms with Crippen LogP contribution < -0.4 is 5.32 Å². The Bertz CT molecular complexity index is 392. The lowest BCUT2D eigenvalue weighted by Crippen LogP contribution is -2.65. The number of nitrogens with zero attached hydrogens (tertiary/aromatic N) is 1. The van der Waals surface area contributed by atoms with Crippen LogP contribution >= 0.6 is 11.8 Å². The van der Waals surface area contributed by atoms with Crippen molar-refractivity contribution in [3.8, 4) is 12.3 Å². The number of nitrogens with one attached hydrogen (secondary N) is 1. The number of terminal acetylenes is 1. The Morgan fingerprint density at radius 1 is 1.45 bits per heavy atom. The third kappa shape index (κ3) is 3.92. The van der Waals surface area contributed by atoms with Crippen LogP contribution in [0.25, 0.3) is 0 Å².